The Morgan fingerprint density at radius 2 is 1.83 bits per heavy atom. The Morgan fingerprint density at radius 3 is 2.43 bits per heavy atom. The molecule has 0 radical (unpaired) electrons. The van der Waals surface area contributed by atoms with E-state index in [1.165, 1.54) is 6.20 Å². The van der Waals surface area contributed by atoms with Gasteiger partial charge < -0.3 is 25.2 Å². The number of nitrogens with one attached hydrogen (secondary N) is 2. The summed E-state index contributed by atoms with van der Waals surface area (Å²) in [6.07, 6.45) is 6.82. The number of nitrogens with zero attached hydrogens (tertiary/aromatic N) is 6. The van der Waals surface area contributed by atoms with Gasteiger partial charge in [-0.2, -0.15) is 4.98 Å². The van der Waals surface area contributed by atoms with E-state index in [0.717, 1.165) is 31.4 Å². The number of ether oxygens (including phenoxy) is 1. The van der Waals surface area contributed by atoms with E-state index in [2.05, 4.69) is 30.5 Å². The number of carbonyl (C=O) groups is 1. The maximum atomic E-state index is 12.3. The Bertz CT molecular complexity index is 1040. The van der Waals surface area contributed by atoms with Crippen LogP contribution in [0.2, 0.25) is 0 Å². The van der Waals surface area contributed by atoms with Crippen molar-refractivity contribution < 1.29 is 14.5 Å². The van der Waals surface area contributed by atoms with E-state index in [1.807, 2.05) is 32.9 Å². The van der Waals surface area contributed by atoms with Gasteiger partial charge in [0.05, 0.1) is 16.8 Å². The number of rotatable bonds is 6. The van der Waals surface area contributed by atoms with E-state index in [-0.39, 0.29) is 29.6 Å². The highest BCUT2D eigenvalue weighted by molar-refractivity contribution is 5.68. The summed E-state index contributed by atoms with van der Waals surface area (Å²) in [7, 11) is 0. The van der Waals surface area contributed by atoms with Crippen LogP contribution in [-0.4, -0.2) is 68.7 Å². The largest absolute Gasteiger partial charge is 0.444 e. The first-order chi connectivity index (χ1) is 16.7. The van der Waals surface area contributed by atoms with Crippen LogP contribution in [0.25, 0.3) is 0 Å². The lowest BCUT2D eigenvalue weighted by Gasteiger charge is -2.36. The molecule has 2 aromatic rings. The van der Waals surface area contributed by atoms with Crippen molar-refractivity contribution >= 4 is 35.1 Å². The third kappa shape index (κ3) is 6.46. The average molecular weight is 485 g/mol. The van der Waals surface area contributed by atoms with Crippen LogP contribution in [0.4, 0.5) is 33.8 Å². The first-order valence-electron chi connectivity index (χ1n) is 11.9. The fraction of sp³-hybridized carbons (Fsp3) is 0.565. The molecule has 2 aromatic heterocycles. The molecule has 12 heteroatoms. The molecule has 2 N–H and O–H groups in total. The summed E-state index contributed by atoms with van der Waals surface area (Å²) < 4.78 is 5.45. The predicted molar refractivity (Wildman–Crippen MR) is 132 cm³/mol. The molecule has 1 saturated carbocycles. The molecule has 0 bridgehead atoms. The molecule has 3 heterocycles. The van der Waals surface area contributed by atoms with Crippen LogP contribution in [0.3, 0.4) is 0 Å². The Hall–Kier alpha value is -3.70. The number of anilines is 4. The number of carbonyl (C=O) groups excluding carboxylic acids is 1. The molecule has 188 valence electrons. The van der Waals surface area contributed by atoms with Crippen LogP contribution < -0.4 is 15.5 Å². The SMILES string of the molecule is CC(C)(C)OC(=O)N1CCN(c2ccc(Nc3ncc([N+](=O)[O-])c(NC4CCCC4)n3)nc2)CC1. The predicted octanol–water partition coefficient (Wildman–Crippen LogP) is 3.94. The van der Waals surface area contributed by atoms with Crippen molar-refractivity contribution in [2.45, 2.75) is 58.1 Å². The van der Waals surface area contributed by atoms with Crippen molar-refractivity contribution in [3.63, 3.8) is 0 Å². The lowest BCUT2D eigenvalue weighted by atomic mass is 10.2. The molecule has 1 saturated heterocycles. The molecule has 0 aromatic carbocycles. The fourth-order valence-corrected chi connectivity index (χ4v) is 4.17. The van der Waals surface area contributed by atoms with Crippen molar-refractivity contribution in [1.29, 1.82) is 0 Å². The van der Waals surface area contributed by atoms with E-state index < -0.39 is 10.5 Å². The van der Waals surface area contributed by atoms with Crippen molar-refractivity contribution in [2.75, 3.05) is 41.7 Å². The Morgan fingerprint density at radius 1 is 1.11 bits per heavy atom. The minimum absolute atomic E-state index is 0.142. The Kier molecular flexibility index (Phi) is 7.17. The van der Waals surface area contributed by atoms with Gasteiger partial charge >= 0.3 is 11.8 Å². The molecule has 35 heavy (non-hydrogen) atoms. The second-order valence-electron chi connectivity index (χ2n) is 9.79. The molecule has 1 amide bonds. The first-order valence-corrected chi connectivity index (χ1v) is 11.9. The zero-order valence-corrected chi connectivity index (χ0v) is 20.4. The number of nitro groups is 1. The van der Waals surface area contributed by atoms with Gasteiger partial charge in [-0.25, -0.2) is 14.8 Å². The molecule has 0 spiro atoms. The van der Waals surface area contributed by atoms with Crippen LogP contribution in [0, 0.1) is 10.1 Å². The van der Waals surface area contributed by atoms with E-state index in [0.29, 0.717) is 32.0 Å². The minimum Gasteiger partial charge on any atom is -0.444 e. The van der Waals surface area contributed by atoms with Gasteiger partial charge in [-0.3, -0.25) is 10.1 Å². The van der Waals surface area contributed by atoms with Crippen LogP contribution in [-0.2, 0) is 4.74 Å². The number of hydrogen-bond acceptors (Lipinski definition) is 10. The number of piperazine rings is 1. The molecule has 0 unspecified atom stereocenters. The Labute approximate surface area is 204 Å². The minimum atomic E-state index is -0.512. The Balaban J connectivity index is 1.36. The number of aromatic nitrogens is 3. The highest BCUT2D eigenvalue weighted by atomic mass is 16.6. The third-order valence-electron chi connectivity index (χ3n) is 5.95. The van der Waals surface area contributed by atoms with Gasteiger partial charge in [-0.1, -0.05) is 12.8 Å². The van der Waals surface area contributed by atoms with Gasteiger partial charge in [-0.15, -0.1) is 0 Å². The van der Waals surface area contributed by atoms with Crippen molar-refractivity contribution in [3.05, 3.63) is 34.6 Å². The third-order valence-corrected chi connectivity index (χ3v) is 5.95. The van der Waals surface area contributed by atoms with Gasteiger partial charge in [0, 0.05) is 32.2 Å². The highest BCUT2D eigenvalue weighted by Gasteiger charge is 2.26. The lowest BCUT2D eigenvalue weighted by molar-refractivity contribution is -0.384. The molecule has 2 aliphatic rings. The van der Waals surface area contributed by atoms with E-state index in [4.69, 9.17) is 4.74 Å². The van der Waals surface area contributed by atoms with Gasteiger partial charge in [0.1, 0.15) is 17.6 Å². The van der Waals surface area contributed by atoms with Crippen molar-refractivity contribution in [1.82, 2.24) is 19.9 Å². The monoisotopic (exact) mass is 484 g/mol. The fourth-order valence-electron chi connectivity index (χ4n) is 4.17. The standard InChI is InChI=1S/C23H32N8O4/c1-23(2,3)35-22(32)30-12-10-29(11-13-30)17-8-9-19(24-14-17)27-21-25-15-18(31(33)34)20(28-21)26-16-6-4-5-7-16/h8-9,14-16H,4-7,10-13H2,1-3H3,(H2,24,25,26,27,28). The molecular formula is C23H32N8O4. The summed E-state index contributed by atoms with van der Waals surface area (Å²) in [4.78, 5) is 39.9. The maximum absolute atomic E-state index is 12.3. The molecule has 4 rings (SSSR count). The summed E-state index contributed by atoms with van der Waals surface area (Å²) in [6.45, 7) is 8.07. The second kappa shape index (κ2) is 10.3. The molecule has 0 atom stereocenters. The van der Waals surface area contributed by atoms with Gasteiger partial charge in [0.15, 0.2) is 0 Å². The quantitative estimate of drug-likeness (QED) is 0.458. The summed E-state index contributed by atoms with van der Waals surface area (Å²) in [5.74, 6) is 0.989. The molecule has 1 aliphatic heterocycles. The van der Waals surface area contributed by atoms with Gasteiger partial charge in [0.25, 0.3) is 0 Å². The van der Waals surface area contributed by atoms with Crippen LogP contribution in [0.15, 0.2) is 24.5 Å². The van der Waals surface area contributed by atoms with Crippen molar-refractivity contribution in [3.8, 4) is 0 Å². The summed E-state index contributed by atoms with van der Waals surface area (Å²) in [6, 6.07) is 3.93. The zero-order valence-electron chi connectivity index (χ0n) is 20.4. The topological polar surface area (TPSA) is 139 Å². The highest BCUT2D eigenvalue weighted by Crippen LogP contribution is 2.28. The van der Waals surface area contributed by atoms with Gasteiger partial charge in [0.2, 0.25) is 11.8 Å². The van der Waals surface area contributed by atoms with Crippen molar-refractivity contribution in [2.24, 2.45) is 0 Å². The molecule has 2 fully saturated rings. The number of pyridine rings is 1. The second-order valence-corrected chi connectivity index (χ2v) is 9.79. The van der Waals surface area contributed by atoms with Gasteiger partial charge in [-0.05, 0) is 45.7 Å². The molecular weight excluding hydrogens is 452 g/mol. The number of amides is 1. The summed E-state index contributed by atoms with van der Waals surface area (Å²) in [5.41, 5.74) is 0.283. The van der Waals surface area contributed by atoms with E-state index in [9.17, 15) is 14.9 Å². The summed E-state index contributed by atoms with van der Waals surface area (Å²) >= 11 is 0. The van der Waals surface area contributed by atoms with Crippen LogP contribution in [0.5, 0.6) is 0 Å². The smallest absolute Gasteiger partial charge is 0.410 e. The number of hydrogen-bond donors (Lipinski definition) is 2. The van der Waals surface area contributed by atoms with Crippen LogP contribution in [0.1, 0.15) is 46.5 Å². The lowest BCUT2D eigenvalue weighted by Crippen LogP contribution is -2.50. The zero-order chi connectivity index (χ0) is 25.0. The normalized spacial score (nSPS) is 16.8. The molecule has 1 aliphatic carbocycles. The first kappa shape index (κ1) is 24.4. The molecule has 12 nitrogen and oxygen atoms in total. The van der Waals surface area contributed by atoms with Crippen LogP contribution >= 0.6 is 0 Å². The summed E-state index contributed by atoms with van der Waals surface area (Å²) in [5, 5.41) is 17.6. The van der Waals surface area contributed by atoms with E-state index >= 15 is 0 Å². The maximum Gasteiger partial charge on any atom is 0.410 e. The average Bonchev–Trinajstić information content (AvgIpc) is 3.32. The van der Waals surface area contributed by atoms with E-state index in [1.54, 1.807) is 11.1 Å².